The monoisotopic (exact) mass is 398 g/mol. The lowest BCUT2D eigenvalue weighted by Gasteiger charge is -2.36. The maximum Gasteiger partial charge on any atom is 0.316 e. The topological polar surface area (TPSA) is 52.6 Å². The van der Waals surface area contributed by atoms with Gasteiger partial charge in [0.2, 0.25) is 0 Å². The number of carbonyl (C=O) groups is 2. The first-order valence-electron chi connectivity index (χ1n) is 10.1. The summed E-state index contributed by atoms with van der Waals surface area (Å²) in [6.45, 7) is 15.7. The highest BCUT2D eigenvalue weighted by Crippen LogP contribution is 2.35. The molecule has 0 unspecified atom stereocenters. The average Bonchev–Trinajstić information content (AvgIpc) is 2.60. The van der Waals surface area contributed by atoms with Crippen LogP contribution in [-0.4, -0.2) is 28.6 Å². The Hall–Kier alpha value is -1.15. The van der Waals surface area contributed by atoms with Gasteiger partial charge in [-0.1, -0.05) is 66.5 Å². The predicted octanol–water partition coefficient (Wildman–Crippen LogP) is 5.98. The molecule has 4 nitrogen and oxygen atoms in total. The second-order valence-corrected chi connectivity index (χ2v) is 15.3. The van der Waals surface area contributed by atoms with E-state index < -0.39 is 16.6 Å². The highest BCUT2D eigenvalue weighted by atomic mass is 28.4. The molecular formula is C20H38O4Si2. The molecule has 0 radical (unpaired) electrons. The Kier molecular flexibility index (Phi) is 12.5. The zero-order chi connectivity index (χ0) is 20.1. The van der Waals surface area contributed by atoms with Crippen molar-refractivity contribution in [2.75, 3.05) is 0 Å². The largest absolute Gasteiger partial charge is 0.516 e. The van der Waals surface area contributed by atoms with E-state index in [9.17, 15) is 9.59 Å². The van der Waals surface area contributed by atoms with Gasteiger partial charge in [0.1, 0.15) is 0 Å². The number of hydrogen-bond donors (Lipinski definition) is 0. The molecule has 0 atom stereocenters. The minimum Gasteiger partial charge on any atom is -0.516 e. The molecule has 0 aromatic carbocycles. The minimum absolute atomic E-state index is 0.306. The zero-order valence-electron chi connectivity index (χ0n) is 17.3. The lowest BCUT2D eigenvalue weighted by atomic mass is 10.6. The quantitative estimate of drug-likeness (QED) is 0.252. The molecule has 6 heteroatoms. The highest BCUT2D eigenvalue weighted by Gasteiger charge is 2.43. The van der Waals surface area contributed by atoms with Crippen LogP contribution in [0.2, 0.25) is 36.3 Å². The lowest BCUT2D eigenvalue weighted by molar-refractivity contribution is -0.131. The minimum atomic E-state index is -2.21. The normalized spacial score (nSPS) is 11.7. The van der Waals surface area contributed by atoms with E-state index in [0.29, 0.717) is 0 Å². The van der Waals surface area contributed by atoms with E-state index in [1.165, 1.54) is 12.2 Å². The molecule has 0 heterocycles. The summed E-state index contributed by atoms with van der Waals surface area (Å²) in [6, 6.07) is 5.59. The summed E-state index contributed by atoms with van der Waals surface area (Å²) >= 11 is 0. The summed E-state index contributed by atoms with van der Waals surface area (Å²) in [5.41, 5.74) is 0. The molecule has 0 rings (SSSR count). The summed E-state index contributed by atoms with van der Waals surface area (Å²) in [5, 5.41) is 0. The molecule has 150 valence electrons. The Labute approximate surface area is 162 Å². The molecule has 26 heavy (non-hydrogen) atoms. The van der Waals surface area contributed by atoms with Crippen LogP contribution in [0.3, 0.4) is 0 Å². The second kappa shape index (κ2) is 13.1. The van der Waals surface area contributed by atoms with Crippen molar-refractivity contribution in [2.24, 2.45) is 0 Å². The average molecular weight is 399 g/mol. The van der Waals surface area contributed by atoms with E-state index in [0.717, 1.165) is 61.9 Å². The summed E-state index contributed by atoms with van der Waals surface area (Å²) in [6.07, 6.45) is 6.54. The highest BCUT2D eigenvalue weighted by molar-refractivity contribution is 6.80. The molecule has 0 saturated carbocycles. The van der Waals surface area contributed by atoms with Crippen molar-refractivity contribution in [3.63, 3.8) is 0 Å². The standard InChI is InChI=1S/C20H38O4Si2/c1-7-13-25(14-8-2,23-19(21)11-5)17-18-26(15-9-3,16-10-4)24-20(22)12-6/h11-12H,5-10,13-18H2,1-4H3. The Balaban J connectivity index is 5.56. The van der Waals surface area contributed by atoms with E-state index in [-0.39, 0.29) is 11.9 Å². The van der Waals surface area contributed by atoms with Crippen molar-refractivity contribution < 1.29 is 18.4 Å². The fraction of sp³-hybridized carbons (Fsp3) is 0.700. The summed E-state index contributed by atoms with van der Waals surface area (Å²) in [7, 11) is -4.42. The molecule has 0 aliphatic rings. The second-order valence-electron chi connectivity index (χ2n) is 7.12. The van der Waals surface area contributed by atoms with Crippen LogP contribution in [0.5, 0.6) is 0 Å². The Morgan fingerprint density at radius 2 is 0.923 bits per heavy atom. The van der Waals surface area contributed by atoms with Crippen LogP contribution in [-0.2, 0) is 18.4 Å². The molecule has 0 aliphatic heterocycles. The van der Waals surface area contributed by atoms with Crippen LogP contribution in [0.15, 0.2) is 25.3 Å². The first kappa shape index (κ1) is 24.9. The molecule has 0 spiro atoms. The van der Waals surface area contributed by atoms with E-state index in [1.54, 1.807) is 0 Å². The SMILES string of the molecule is C=CC(=O)O[Si](CCC)(CCC)CC[Si](CCC)(CCC)OC(=O)C=C. The van der Waals surface area contributed by atoms with Crippen molar-refractivity contribution in [3.05, 3.63) is 25.3 Å². The lowest BCUT2D eigenvalue weighted by Crippen LogP contribution is -2.45. The molecule has 0 aromatic heterocycles. The fourth-order valence-corrected chi connectivity index (χ4v) is 14.3. The van der Waals surface area contributed by atoms with Gasteiger partial charge in [-0.2, -0.15) is 0 Å². The molecule has 0 bridgehead atoms. The number of rotatable bonds is 15. The summed E-state index contributed by atoms with van der Waals surface area (Å²) in [4.78, 5) is 24.0. The molecule has 0 aromatic rings. The third-order valence-corrected chi connectivity index (χ3v) is 14.6. The van der Waals surface area contributed by atoms with E-state index >= 15 is 0 Å². The smallest absolute Gasteiger partial charge is 0.316 e. The Morgan fingerprint density at radius 1 is 0.654 bits per heavy atom. The molecular weight excluding hydrogens is 360 g/mol. The van der Waals surface area contributed by atoms with Crippen molar-refractivity contribution in [1.29, 1.82) is 0 Å². The van der Waals surface area contributed by atoms with Crippen LogP contribution in [0.4, 0.5) is 0 Å². The number of carbonyl (C=O) groups excluding carboxylic acids is 2. The van der Waals surface area contributed by atoms with Crippen molar-refractivity contribution in [1.82, 2.24) is 0 Å². The zero-order valence-corrected chi connectivity index (χ0v) is 19.3. The van der Waals surface area contributed by atoms with Gasteiger partial charge in [0, 0.05) is 12.2 Å². The fourth-order valence-electron chi connectivity index (χ4n) is 3.84. The van der Waals surface area contributed by atoms with Crippen LogP contribution < -0.4 is 0 Å². The van der Waals surface area contributed by atoms with Gasteiger partial charge in [-0.25, -0.2) is 9.59 Å². The third kappa shape index (κ3) is 8.49. The maximum absolute atomic E-state index is 12.0. The first-order valence-corrected chi connectivity index (χ1v) is 15.1. The van der Waals surface area contributed by atoms with E-state index in [2.05, 4.69) is 40.9 Å². The van der Waals surface area contributed by atoms with Gasteiger partial charge in [0.05, 0.1) is 0 Å². The van der Waals surface area contributed by atoms with Crippen molar-refractivity contribution in [2.45, 2.75) is 89.6 Å². The summed E-state index contributed by atoms with van der Waals surface area (Å²) in [5.74, 6) is -0.611. The van der Waals surface area contributed by atoms with E-state index in [1.807, 2.05) is 0 Å². The summed E-state index contributed by atoms with van der Waals surface area (Å²) < 4.78 is 12.0. The van der Waals surface area contributed by atoms with Gasteiger partial charge in [0.25, 0.3) is 16.6 Å². The van der Waals surface area contributed by atoms with Crippen molar-refractivity contribution >= 4 is 28.6 Å². The predicted molar refractivity (Wildman–Crippen MR) is 114 cm³/mol. The molecule has 0 N–H and O–H groups in total. The van der Waals surface area contributed by atoms with Gasteiger partial charge in [-0.05, 0) is 36.3 Å². The van der Waals surface area contributed by atoms with Gasteiger partial charge >= 0.3 is 11.9 Å². The van der Waals surface area contributed by atoms with Gasteiger partial charge in [-0.3, -0.25) is 0 Å². The van der Waals surface area contributed by atoms with E-state index in [4.69, 9.17) is 8.85 Å². The van der Waals surface area contributed by atoms with Gasteiger partial charge in [-0.15, -0.1) is 0 Å². The molecule has 0 fully saturated rings. The van der Waals surface area contributed by atoms with Gasteiger partial charge in [0.15, 0.2) is 0 Å². The van der Waals surface area contributed by atoms with Crippen molar-refractivity contribution in [3.8, 4) is 0 Å². The number of hydrogen-bond acceptors (Lipinski definition) is 4. The Morgan fingerprint density at radius 3 is 1.12 bits per heavy atom. The third-order valence-electron chi connectivity index (χ3n) is 4.83. The van der Waals surface area contributed by atoms with Crippen LogP contribution in [0, 0.1) is 0 Å². The van der Waals surface area contributed by atoms with Gasteiger partial charge < -0.3 is 8.85 Å². The maximum atomic E-state index is 12.0. The van der Waals surface area contributed by atoms with Crippen LogP contribution in [0.1, 0.15) is 53.4 Å². The first-order chi connectivity index (χ1) is 12.4. The van der Waals surface area contributed by atoms with Crippen LogP contribution >= 0.6 is 0 Å². The molecule has 0 amide bonds. The Bertz CT molecular complexity index is 409. The molecule has 0 aliphatic carbocycles. The van der Waals surface area contributed by atoms with Crippen LogP contribution in [0.25, 0.3) is 0 Å². The molecule has 0 saturated heterocycles.